The van der Waals surface area contributed by atoms with Crippen LogP contribution in [0.25, 0.3) is 5.69 Å². The summed E-state index contributed by atoms with van der Waals surface area (Å²) in [5, 5.41) is 14.8. The first kappa shape index (κ1) is 17.1. The van der Waals surface area contributed by atoms with Gasteiger partial charge in [0.2, 0.25) is 11.1 Å². The van der Waals surface area contributed by atoms with Crippen LogP contribution in [-0.2, 0) is 4.79 Å². The van der Waals surface area contributed by atoms with Crippen LogP contribution in [-0.4, -0.2) is 31.9 Å². The van der Waals surface area contributed by atoms with E-state index in [9.17, 15) is 9.18 Å². The van der Waals surface area contributed by atoms with E-state index in [-0.39, 0.29) is 11.7 Å². The smallest absolute Gasteiger partial charge is 0.234 e. The Bertz CT molecular complexity index is 912. The molecule has 0 fully saturated rings. The van der Waals surface area contributed by atoms with Gasteiger partial charge in [-0.1, -0.05) is 35.5 Å². The van der Waals surface area contributed by atoms with Gasteiger partial charge in [0.25, 0.3) is 0 Å². The molecule has 8 heteroatoms. The van der Waals surface area contributed by atoms with Gasteiger partial charge in [0.1, 0.15) is 5.82 Å². The fourth-order valence-electron chi connectivity index (χ4n) is 2.36. The molecule has 1 aromatic heterocycles. The van der Waals surface area contributed by atoms with Gasteiger partial charge in [-0.3, -0.25) is 4.79 Å². The highest BCUT2D eigenvalue weighted by Gasteiger charge is 2.13. The SMILES string of the molecule is Cc1ccc(-n2nnnc2SCC(=O)Nc2cccc(F)c2)c(C)c1. The molecule has 0 spiro atoms. The summed E-state index contributed by atoms with van der Waals surface area (Å²) in [6.07, 6.45) is 0. The maximum Gasteiger partial charge on any atom is 0.234 e. The van der Waals surface area contributed by atoms with E-state index in [2.05, 4.69) is 20.8 Å². The Hall–Kier alpha value is -2.74. The van der Waals surface area contributed by atoms with Crippen LogP contribution in [0, 0.1) is 19.7 Å². The number of halogens is 1. The van der Waals surface area contributed by atoms with Crippen molar-refractivity contribution in [2.45, 2.75) is 19.0 Å². The van der Waals surface area contributed by atoms with E-state index >= 15 is 0 Å². The second-order valence-electron chi connectivity index (χ2n) is 5.51. The lowest BCUT2D eigenvalue weighted by molar-refractivity contribution is -0.113. The molecule has 1 amide bonds. The van der Waals surface area contributed by atoms with Crippen LogP contribution in [0.2, 0.25) is 0 Å². The molecule has 6 nitrogen and oxygen atoms in total. The van der Waals surface area contributed by atoms with Crippen LogP contribution >= 0.6 is 11.8 Å². The van der Waals surface area contributed by atoms with E-state index in [1.807, 2.05) is 32.0 Å². The topological polar surface area (TPSA) is 72.7 Å². The molecule has 0 aliphatic rings. The molecular weight excluding hydrogens is 341 g/mol. The number of nitrogens with one attached hydrogen (secondary N) is 1. The van der Waals surface area contributed by atoms with E-state index in [1.165, 1.54) is 23.9 Å². The fraction of sp³-hybridized carbons (Fsp3) is 0.176. The molecule has 3 aromatic rings. The minimum atomic E-state index is -0.399. The Balaban J connectivity index is 1.68. The van der Waals surface area contributed by atoms with Crippen LogP contribution in [0.1, 0.15) is 11.1 Å². The van der Waals surface area contributed by atoms with E-state index in [0.717, 1.165) is 16.8 Å². The number of hydrogen-bond acceptors (Lipinski definition) is 5. The molecule has 1 heterocycles. The summed E-state index contributed by atoms with van der Waals surface area (Å²) in [4.78, 5) is 12.0. The highest BCUT2D eigenvalue weighted by molar-refractivity contribution is 7.99. The lowest BCUT2D eigenvalue weighted by atomic mass is 10.1. The Labute approximate surface area is 148 Å². The molecule has 2 aromatic carbocycles. The fourth-order valence-corrected chi connectivity index (χ4v) is 3.04. The highest BCUT2D eigenvalue weighted by atomic mass is 32.2. The summed E-state index contributed by atoms with van der Waals surface area (Å²) in [5.74, 6) is -0.544. The van der Waals surface area contributed by atoms with Crippen molar-refractivity contribution < 1.29 is 9.18 Å². The Morgan fingerprint density at radius 2 is 2.08 bits per heavy atom. The number of nitrogens with zero attached hydrogens (tertiary/aromatic N) is 4. The maximum atomic E-state index is 13.1. The zero-order valence-electron chi connectivity index (χ0n) is 13.7. The van der Waals surface area contributed by atoms with Crippen LogP contribution < -0.4 is 5.32 Å². The van der Waals surface area contributed by atoms with E-state index in [0.29, 0.717) is 10.8 Å². The number of carbonyl (C=O) groups is 1. The predicted molar refractivity (Wildman–Crippen MR) is 94.4 cm³/mol. The third-order valence-corrected chi connectivity index (χ3v) is 4.38. The van der Waals surface area contributed by atoms with Gasteiger partial charge in [0, 0.05) is 5.69 Å². The minimum absolute atomic E-state index is 0.113. The number of aromatic nitrogens is 4. The first-order valence-electron chi connectivity index (χ1n) is 7.57. The number of aryl methyl sites for hydroxylation is 2. The molecule has 0 atom stereocenters. The maximum absolute atomic E-state index is 13.1. The first-order valence-corrected chi connectivity index (χ1v) is 8.56. The first-order chi connectivity index (χ1) is 12.0. The van der Waals surface area contributed by atoms with Crippen molar-refractivity contribution in [1.82, 2.24) is 20.2 Å². The molecule has 0 radical (unpaired) electrons. The average Bonchev–Trinajstić information content (AvgIpc) is 3.01. The normalized spacial score (nSPS) is 10.7. The Morgan fingerprint density at radius 1 is 1.24 bits per heavy atom. The number of tetrazole rings is 1. The second kappa shape index (κ2) is 7.43. The van der Waals surface area contributed by atoms with Gasteiger partial charge in [-0.15, -0.1) is 5.10 Å². The van der Waals surface area contributed by atoms with E-state index < -0.39 is 5.82 Å². The number of rotatable bonds is 5. The number of thioether (sulfide) groups is 1. The molecule has 1 N–H and O–H groups in total. The molecular formula is C17H16FN5OS. The van der Waals surface area contributed by atoms with Crippen LogP contribution in [0.5, 0.6) is 0 Å². The van der Waals surface area contributed by atoms with Crippen molar-refractivity contribution in [3.63, 3.8) is 0 Å². The quantitative estimate of drug-likeness (QED) is 0.710. The van der Waals surface area contributed by atoms with Gasteiger partial charge >= 0.3 is 0 Å². The zero-order chi connectivity index (χ0) is 17.8. The number of carbonyl (C=O) groups excluding carboxylic acids is 1. The summed E-state index contributed by atoms with van der Waals surface area (Å²) in [6.45, 7) is 4.00. The van der Waals surface area contributed by atoms with Crippen molar-refractivity contribution in [1.29, 1.82) is 0 Å². The van der Waals surface area contributed by atoms with Crippen molar-refractivity contribution in [3.05, 3.63) is 59.4 Å². The molecule has 0 saturated heterocycles. The van der Waals surface area contributed by atoms with Gasteiger partial charge in [0.05, 0.1) is 11.4 Å². The second-order valence-corrected chi connectivity index (χ2v) is 6.45. The van der Waals surface area contributed by atoms with Gasteiger partial charge in [0.15, 0.2) is 0 Å². The van der Waals surface area contributed by atoms with Gasteiger partial charge in [-0.25, -0.2) is 4.39 Å². The summed E-state index contributed by atoms with van der Waals surface area (Å²) in [5.41, 5.74) is 3.47. The van der Waals surface area contributed by atoms with Gasteiger partial charge < -0.3 is 5.32 Å². The lowest BCUT2D eigenvalue weighted by Gasteiger charge is -2.08. The van der Waals surface area contributed by atoms with Crippen molar-refractivity contribution >= 4 is 23.4 Å². The molecule has 0 bridgehead atoms. The predicted octanol–water partition coefficient (Wildman–Crippen LogP) is 3.15. The lowest BCUT2D eigenvalue weighted by Crippen LogP contribution is -2.14. The monoisotopic (exact) mass is 357 g/mol. The van der Waals surface area contributed by atoms with Gasteiger partial charge in [-0.2, -0.15) is 4.68 Å². The summed E-state index contributed by atoms with van der Waals surface area (Å²) >= 11 is 1.21. The van der Waals surface area contributed by atoms with Crippen molar-refractivity contribution in [3.8, 4) is 5.69 Å². The van der Waals surface area contributed by atoms with Crippen LogP contribution in [0.4, 0.5) is 10.1 Å². The summed E-state index contributed by atoms with van der Waals surface area (Å²) < 4.78 is 14.8. The Kier molecular flexibility index (Phi) is 5.08. The number of amides is 1. The number of benzene rings is 2. The third-order valence-electron chi connectivity index (χ3n) is 3.46. The molecule has 0 saturated carbocycles. The van der Waals surface area contributed by atoms with Gasteiger partial charge in [-0.05, 0) is 54.1 Å². The highest BCUT2D eigenvalue weighted by Crippen LogP contribution is 2.21. The molecule has 128 valence electrons. The van der Waals surface area contributed by atoms with Crippen LogP contribution in [0.3, 0.4) is 0 Å². The molecule has 0 aliphatic heterocycles. The zero-order valence-corrected chi connectivity index (χ0v) is 14.5. The minimum Gasteiger partial charge on any atom is -0.325 e. The number of hydrogen-bond donors (Lipinski definition) is 1. The van der Waals surface area contributed by atoms with E-state index in [4.69, 9.17) is 0 Å². The van der Waals surface area contributed by atoms with Crippen molar-refractivity contribution in [2.75, 3.05) is 11.1 Å². The van der Waals surface area contributed by atoms with Crippen LogP contribution in [0.15, 0.2) is 47.6 Å². The average molecular weight is 357 g/mol. The largest absolute Gasteiger partial charge is 0.325 e. The molecule has 0 aliphatic carbocycles. The summed E-state index contributed by atoms with van der Waals surface area (Å²) in [7, 11) is 0. The standard InChI is InChI=1S/C17H16FN5OS/c1-11-6-7-15(12(2)8-11)23-17(20-21-22-23)25-10-16(24)19-14-5-3-4-13(18)9-14/h3-9H,10H2,1-2H3,(H,19,24). The Morgan fingerprint density at radius 3 is 2.84 bits per heavy atom. The molecule has 0 unspecified atom stereocenters. The van der Waals surface area contributed by atoms with Crippen molar-refractivity contribution in [2.24, 2.45) is 0 Å². The van der Waals surface area contributed by atoms with E-state index in [1.54, 1.807) is 16.8 Å². The number of anilines is 1. The molecule has 3 rings (SSSR count). The summed E-state index contributed by atoms with van der Waals surface area (Å²) in [6, 6.07) is 11.7. The third kappa shape index (κ3) is 4.21. The molecule has 25 heavy (non-hydrogen) atoms.